The van der Waals surface area contributed by atoms with Crippen LogP contribution in [0.2, 0.25) is 0 Å². The summed E-state index contributed by atoms with van der Waals surface area (Å²) >= 11 is 3.67. The van der Waals surface area contributed by atoms with Crippen LogP contribution in [-0.2, 0) is 11.4 Å². The van der Waals surface area contributed by atoms with Gasteiger partial charge in [-0.05, 0) is 83.7 Å². The van der Waals surface area contributed by atoms with Crippen LogP contribution in [0.15, 0.2) is 22.7 Å². The van der Waals surface area contributed by atoms with Crippen molar-refractivity contribution in [2.75, 3.05) is 19.8 Å². The van der Waals surface area contributed by atoms with E-state index in [1.165, 1.54) is 25.7 Å². The molecule has 4 saturated carbocycles. The van der Waals surface area contributed by atoms with E-state index in [4.69, 9.17) is 9.57 Å². The molecule has 1 heterocycles. The number of ether oxygens (including phenoxy) is 1. The summed E-state index contributed by atoms with van der Waals surface area (Å²) < 4.78 is 7.18. The number of halogens is 1. The highest BCUT2D eigenvalue weighted by Crippen LogP contribution is 2.61. The molecule has 196 valence electrons. The van der Waals surface area contributed by atoms with Crippen molar-refractivity contribution in [2.24, 2.45) is 35.0 Å². The standard InChI is InChI=1S/C28H43BrN2O4/c1-16-21-10-20(28(21,3)4)11-23(16)30-12-24-26(17(2)33)25(14-32)35-31(24)13-19-6-5-7-22(29)27(19)34-15-18-8-9-18/h5-7,16-18,20-21,23-26,30,32-33H,8-15H2,1-4H3/t16-,17-,20+,21-,23-,24+,25-,26-/m0/s1. The molecule has 0 unspecified atom stereocenters. The summed E-state index contributed by atoms with van der Waals surface area (Å²) in [6, 6.07) is 6.58. The van der Waals surface area contributed by atoms with Gasteiger partial charge in [-0.2, -0.15) is 5.06 Å². The molecule has 6 nitrogen and oxygen atoms in total. The summed E-state index contributed by atoms with van der Waals surface area (Å²) in [6.07, 6.45) is 4.08. The molecule has 6 rings (SSSR count). The van der Waals surface area contributed by atoms with Gasteiger partial charge in [0.05, 0.1) is 36.4 Å². The Kier molecular flexibility index (Phi) is 7.57. The van der Waals surface area contributed by atoms with E-state index in [0.29, 0.717) is 29.8 Å². The second-order valence-electron chi connectivity index (χ2n) is 12.2. The number of para-hydroxylation sites is 1. The van der Waals surface area contributed by atoms with Crippen molar-refractivity contribution in [3.8, 4) is 5.75 Å². The van der Waals surface area contributed by atoms with Crippen LogP contribution in [0.4, 0.5) is 0 Å². The predicted octanol–water partition coefficient (Wildman–Crippen LogP) is 4.37. The van der Waals surface area contributed by atoms with Crippen molar-refractivity contribution in [2.45, 2.75) is 84.2 Å². The Morgan fingerprint density at radius 2 is 2.06 bits per heavy atom. The van der Waals surface area contributed by atoms with Gasteiger partial charge in [-0.3, -0.25) is 4.84 Å². The second-order valence-corrected chi connectivity index (χ2v) is 13.1. The lowest BCUT2D eigenvalue weighted by molar-refractivity contribution is -0.178. The van der Waals surface area contributed by atoms with E-state index in [-0.39, 0.29) is 18.6 Å². The molecule has 0 amide bonds. The molecule has 5 aliphatic rings. The molecule has 1 aromatic rings. The highest BCUT2D eigenvalue weighted by Gasteiger charge is 2.56. The minimum absolute atomic E-state index is 0.0409. The van der Waals surface area contributed by atoms with Crippen LogP contribution in [-0.4, -0.2) is 59.3 Å². The number of fused-ring (bicyclic) bond motifs is 2. The molecule has 1 saturated heterocycles. The smallest absolute Gasteiger partial charge is 0.138 e. The zero-order chi connectivity index (χ0) is 24.9. The summed E-state index contributed by atoms with van der Waals surface area (Å²) in [5.74, 6) is 3.58. The number of nitrogens with one attached hydrogen (secondary N) is 1. The van der Waals surface area contributed by atoms with Gasteiger partial charge in [0.15, 0.2) is 0 Å². The lowest BCUT2D eigenvalue weighted by Crippen LogP contribution is -2.61. The number of hydroxylamine groups is 2. The van der Waals surface area contributed by atoms with Crippen molar-refractivity contribution < 1.29 is 19.8 Å². The maximum atomic E-state index is 10.7. The van der Waals surface area contributed by atoms with Crippen molar-refractivity contribution in [3.05, 3.63) is 28.2 Å². The van der Waals surface area contributed by atoms with Gasteiger partial charge in [-0.25, -0.2) is 0 Å². The molecule has 3 N–H and O–H groups in total. The number of hydrogen-bond donors (Lipinski definition) is 3. The number of hydrogen-bond acceptors (Lipinski definition) is 6. The van der Waals surface area contributed by atoms with Crippen LogP contribution in [0, 0.1) is 35.0 Å². The third-order valence-electron chi connectivity index (χ3n) is 9.73. The summed E-state index contributed by atoms with van der Waals surface area (Å²) in [7, 11) is 0. The zero-order valence-corrected chi connectivity index (χ0v) is 23.2. The Bertz CT molecular complexity index is 892. The van der Waals surface area contributed by atoms with Gasteiger partial charge >= 0.3 is 0 Å². The Morgan fingerprint density at radius 1 is 1.29 bits per heavy atom. The van der Waals surface area contributed by atoms with Crippen LogP contribution in [0.1, 0.15) is 58.9 Å². The number of aliphatic hydroxyl groups is 2. The first kappa shape index (κ1) is 25.9. The van der Waals surface area contributed by atoms with E-state index >= 15 is 0 Å². The summed E-state index contributed by atoms with van der Waals surface area (Å²) in [4.78, 5) is 6.28. The van der Waals surface area contributed by atoms with Crippen LogP contribution >= 0.6 is 15.9 Å². The fourth-order valence-electron chi connectivity index (χ4n) is 7.13. The topological polar surface area (TPSA) is 74.2 Å². The van der Waals surface area contributed by atoms with Gasteiger partial charge in [0.1, 0.15) is 11.9 Å². The predicted molar refractivity (Wildman–Crippen MR) is 140 cm³/mol. The highest BCUT2D eigenvalue weighted by atomic mass is 79.9. The van der Waals surface area contributed by atoms with Crippen molar-refractivity contribution >= 4 is 15.9 Å². The quantitative estimate of drug-likeness (QED) is 0.401. The molecule has 4 aliphatic carbocycles. The van der Waals surface area contributed by atoms with Crippen LogP contribution in [0.5, 0.6) is 5.75 Å². The van der Waals surface area contributed by atoms with E-state index in [0.717, 1.165) is 40.8 Å². The van der Waals surface area contributed by atoms with E-state index in [9.17, 15) is 10.2 Å². The lowest BCUT2D eigenvalue weighted by atomic mass is 9.45. The molecule has 0 radical (unpaired) electrons. The molecule has 1 aromatic carbocycles. The molecular weight excluding hydrogens is 508 g/mol. The van der Waals surface area contributed by atoms with Crippen molar-refractivity contribution in [3.63, 3.8) is 0 Å². The van der Waals surface area contributed by atoms with Gasteiger partial charge in [-0.15, -0.1) is 0 Å². The zero-order valence-electron chi connectivity index (χ0n) is 21.6. The number of rotatable bonds is 10. The minimum Gasteiger partial charge on any atom is -0.492 e. The maximum absolute atomic E-state index is 10.7. The van der Waals surface area contributed by atoms with E-state index in [2.05, 4.69) is 48.1 Å². The third kappa shape index (κ3) is 5.06. The van der Waals surface area contributed by atoms with E-state index in [1.54, 1.807) is 0 Å². The molecule has 5 fully saturated rings. The summed E-state index contributed by atoms with van der Waals surface area (Å²) in [5, 5.41) is 26.6. The normalized spacial score (nSPS) is 37.2. The van der Waals surface area contributed by atoms with Crippen molar-refractivity contribution in [1.29, 1.82) is 0 Å². The largest absolute Gasteiger partial charge is 0.492 e. The first-order valence-corrected chi connectivity index (χ1v) is 14.4. The number of nitrogens with zero attached hydrogens (tertiary/aromatic N) is 1. The van der Waals surface area contributed by atoms with Crippen molar-refractivity contribution in [1.82, 2.24) is 10.4 Å². The van der Waals surface area contributed by atoms with E-state index < -0.39 is 12.2 Å². The molecule has 0 spiro atoms. The van der Waals surface area contributed by atoms with Gasteiger partial charge in [-0.1, -0.05) is 32.9 Å². The number of aliphatic hydroxyl groups excluding tert-OH is 2. The second kappa shape index (κ2) is 10.2. The number of benzene rings is 1. The molecular formula is C28H43BrN2O4. The third-order valence-corrected chi connectivity index (χ3v) is 10.4. The monoisotopic (exact) mass is 550 g/mol. The maximum Gasteiger partial charge on any atom is 0.138 e. The minimum atomic E-state index is -0.576. The molecule has 8 atom stereocenters. The average Bonchev–Trinajstić information content (AvgIpc) is 3.57. The fraction of sp³-hybridized carbons (Fsp3) is 0.786. The Hall–Kier alpha value is -0.700. The Labute approximate surface area is 218 Å². The van der Waals surface area contributed by atoms with Crippen LogP contribution in [0.3, 0.4) is 0 Å². The van der Waals surface area contributed by atoms with Crippen LogP contribution in [0.25, 0.3) is 0 Å². The summed E-state index contributed by atoms with van der Waals surface area (Å²) in [5.41, 5.74) is 1.52. The Balaban J connectivity index is 1.31. The first-order valence-electron chi connectivity index (χ1n) is 13.6. The van der Waals surface area contributed by atoms with E-state index in [1.807, 2.05) is 24.1 Å². The highest BCUT2D eigenvalue weighted by molar-refractivity contribution is 9.10. The average molecular weight is 552 g/mol. The first-order chi connectivity index (χ1) is 16.7. The van der Waals surface area contributed by atoms with Gasteiger partial charge < -0.3 is 20.3 Å². The van der Waals surface area contributed by atoms with Gasteiger partial charge in [0.25, 0.3) is 0 Å². The molecule has 35 heavy (non-hydrogen) atoms. The SMILES string of the molecule is C[C@@H]1[C@@H](NC[C@@H]2[C@H]([C@H](C)O)[C@H](CO)ON2Cc2cccc(Br)c2OCC2CC2)C[C@H]2C[C@@H]1C2(C)C. The fourth-order valence-corrected chi connectivity index (χ4v) is 7.65. The molecule has 2 bridgehead atoms. The molecule has 7 heteroatoms. The lowest BCUT2D eigenvalue weighted by Gasteiger charge is -2.62. The molecule has 1 aliphatic heterocycles. The van der Waals surface area contributed by atoms with Gasteiger partial charge in [0, 0.05) is 24.1 Å². The Morgan fingerprint density at radius 3 is 2.69 bits per heavy atom. The molecule has 0 aromatic heterocycles. The van der Waals surface area contributed by atoms with Gasteiger partial charge in [0.2, 0.25) is 0 Å². The van der Waals surface area contributed by atoms with Crippen LogP contribution < -0.4 is 10.1 Å². The summed E-state index contributed by atoms with van der Waals surface area (Å²) in [6.45, 7) is 11.0.